The Kier molecular flexibility index (Phi) is 5.76. The monoisotopic (exact) mass is 230 g/mol. The van der Waals surface area contributed by atoms with Gasteiger partial charge in [0.2, 0.25) is 0 Å². The first-order valence-corrected chi connectivity index (χ1v) is 6.04. The molecular formula is C15H22N2. The molecule has 17 heavy (non-hydrogen) atoms. The fraction of sp³-hybridized carbons (Fsp3) is 0.467. The highest BCUT2D eigenvalue weighted by Crippen LogP contribution is 2.10. The molecule has 0 aliphatic rings. The van der Waals surface area contributed by atoms with Crippen molar-refractivity contribution in [1.29, 1.82) is 0 Å². The van der Waals surface area contributed by atoms with Crippen LogP contribution in [0.3, 0.4) is 0 Å². The van der Waals surface area contributed by atoms with Gasteiger partial charge in [-0.15, -0.1) is 6.42 Å². The summed E-state index contributed by atoms with van der Waals surface area (Å²) in [7, 11) is 2.15. The van der Waals surface area contributed by atoms with Crippen molar-refractivity contribution in [3.8, 4) is 12.3 Å². The first-order valence-electron chi connectivity index (χ1n) is 6.04. The maximum Gasteiger partial charge on any atom is 0.0574 e. The fourth-order valence-corrected chi connectivity index (χ4v) is 1.72. The Labute approximate surface area is 105 Å². The fourth-order valence-electron chi connectivity index (χ4n) is 1.72. The Hall–Kier alpha value is -1.30. The van der Waals surface area contributed by atoms with Gasteiger partial charge in [-0.3, -0.25) is 4.90 Å². The minimum absolute atomic E-state index is 0.475. The molecule has 1 aromatic carbocycles. The number of nitrogens with one attached hydrogen (secondary N) is 1. The SMILES string of the molecule is C#CCNCC(C)N(C)Cc1ccccc1C. The third-order valence-corrected chi connectivity index (χ3v) is 3.10. The summed E-state index contributed by atoms with van der Waals surface area (Å²) >= 11 is 0. The van der Waals surface area contributed by atoms with Crippen LogP contribution >= 0.6 is 0 Å². The molecule has 0 fully saturated rings. The molecule has 2 nitrogen and oxygen atoms in total. The molecule has 0 aromatic heterocycles. The molecule has 1 aromatic rings. The quantitative estimate of drug-likeness (QED) is 0.594. The van der Waals surface area contributed by atoms with Crippen LogP contribution in [0.2, 0.25) is 0 Å². The molecule has 0 aliphatic heterocycles. The standard InChI is InChI=1S/C15H22N2/c1-5-10-16-11-14(3)17(4)12-15-9-7-6-8-13(15)2/h1,6-9,14,16H,10-12H2,2-4H3. The zero-order valence-electron chi connectivity index (χ0n) is 11.0. The second-order valence-electron chi connectivity index (χ2n) is 4.53. The Balaban J connectivity index is 2.46. The highest BCUT2D eigenvalue weighted by molar-refractivity contribution is 5.25. The molecule has 1 rings (SSSR count). The number of aryl methyl sites for hydroxylation is 1. The van der Waals surface area contributed by atoms with Crippen LogP contribution in [0.1, 0.15) is 18.1 Å². The van der Waals surface area contributed by atoms with Crippen molar-refractivity contribution in [3.05, 3.63) is 35.4 Å². The van der Waals surface area contributed by atoms with E-state index in [4.69, 9.17) is 6.42 Å². The van der Waals surface area contributed by atoms with E-state index in [1.807, 2.05) is 0 Å². The molecule has 0 amide bonds. The summed E-state index contributed by atoms with van der Waals surface area (Å²) in [4.78, 5) is 2.34. The van der Waals surface area contributed by atoms with Gasteiger partial charge in [-0.05, 0) is 32.0 Å². The number of rotatable bonds is 6. The Bertz CT molecular complexity index is 379. The second kappa shape index (κ2) is 7.11. The molecule has 92 valence electrons. The van der Waals surface area contributed by atoms with Crippen LogP contribution in [-0.2, 0) is 6.54 Å². The van der Waals surface area contributed by atoms with Crippen molar-refractivity contribution in [3.63, 3.8) is 0 Å². The number of hydrogen-bond donors (Lipinski definition) is 1. The van der Waals surface area contributed by atoms with Crippen molar-refractivity contribution in [2.45, 2.75) is 26.4 Å². The van der Waals surface area contributed by atoms with E-state index in [2.05, 4.69) is 61.3 Å². The van der Waals surface area contributed by atoms with Gasteiger partial charge in [0.1, 0.15) is 0 Å². The number of benzene rings is 1. The van der Waals surface area contributed by atoms with Crippen molar-refractivity contribution < 1.29 is 0 Å². The number of likely N-dealkylation sites (N-methyl/N-ethyl adjacent to an activating group) is 1. The van der Waals surface area contributed by atoms with Crippen molar-refractivity contribution in [2.24, 2.45) is 0 Å². The molecule has 1 unspecified atom stereocenters. The van der Waals surface area contributed by atoms with Gasteiger partial charge in [-0.2, -0.15) is 0 Å². The van der Waals surface area contributed by atoms with Crippen molar-refractivity contribution in [1.82, 2.24) is 10.2 Å². The lowest BCUT2D eigenvalue weighted by molar-refractivity contribution is 0.244. The van der Waals surface area contributed by atoms with Crippen LogP contribution in [-0.4, -0.2) is 31.1 Å². The van der Waals surface area contributed by atoms with Gasteiger partial charge in [-0.1, -0.05) is 30.2 Å². The smallest absolute Gasteiger partial charge is 0.0574 e. The average molecular weight is 230 g/mol. The first-order chi connectivity index (χ1) is 8.15. The van der Waals surface area contributed by atoms with E-state index in [9.17, 15) is 0 Å². The van der Waals surface area contributed by atoms with E-state index in [1.54, 1.807) is 0 Å². The Morgan fingerprint density at radius 1 is 1.41 bits per heavy atom. The van der Waals surface area contributed by atoms with E-state index in [-0.39, 0.29) is 0 Å². The lowest BCUT2D eigenvalue weighted by atomic mass is 10.1. The Morgan fingerprint density at radius 3 is 2.76 bits per heavy atom. The average Bonchev–Trinajstić information content (AvgIpc) is 2.32. The third kappa shape index (κ3) is 4.60. The molecule has 0 spiro atoms. The summed E-state index contributed by atoms with van der Waals surface area (Å²) in [5, 5.41) is 3.24. The predicted molar refractivity (Wildman–Crippen MR) is 73.8 cm³/mol. The zero-order valence-corrected chi connectivity index (χ0v) is 11.0. The van der Waals surface area contributed by atoms with Crippen LogP contribution in [0.4, 0.5) is 0 Å². The molecule has 0 radical (unpaired) electrons. The van der Waals surface area contributed by atoms with E-state index >= 15 is 0 Å². The summed E-state index contributed by atoms with van der Waals surface area (Å²) in [6.07, 6.45) is 5.21. The third-order valence-electron chi connectivity index (χ3n) is 3.10. The predicted octanol–water partition coefficient (Wildman–Crippen LogP) is 2.04. The minimum Gasteiger partial charge on any atom is -0.305 e. The Morgan fingerprint density at radius 2 is 2.12 bits per heavy atom. The van der Waals surface area contributed by atoms with Gasteiger partial charge in [0.15, 0.2) is 0 Å². The molecule has 1 atom stereocenters. The van der Waals surface area contributed by atoms with Gasteiger partial charge in [-0.25, -0.2) is 0 Å². The summed E-state index contributed by atoms with van der Waals surface area (Å²) in [5.74, 6) is 2.59. The topological polar surface area (TPSA) is 15.3 Å². The molecule has 0 aliphatic carbocycles. The number of terminal acetylenes is 1. The first kappa shape index (κ1) is 13.8. The second-order valence-corrected chi connectivity index (χ2v) is 4.53. The van der Waals surface area contributed by atoms with Crippen LogP contribution < -0.4 is 5.32 Å². The van der Waals surface area contributed by atoms with Crippen LogP contribution in [0.15, 0.2) is 24.3 Å². The van der Waals surface area contributed by atoms with E-state index in [1.165, 1.54) is 11.1 Å². The van der Waals surface area contributed by atoms with Crippen molar-refractivity contribution in [2.75, 3.05) is 20.1 Å². The largest absolute Gasteiger partial charge is 0.305 e. The molecule has 0 heterocycles. The van der Waals surface area contributed by atoms with E-state index in [0.717, 1.165) is 13.1 Å². The van der Waals surface area contributed by atoms with Gasteiger partial charge in [0, 0.05) is 19.1 Å². The maximum atomic E-state index is 5.21. The number of hydrogen-bond acceptors (Lipinski definition) is 2. The van der Waals surface area contributed by atoms with Crippen LogP contribution in [0.5, 0.6) is 0 Å². The van der Waals surface area contributed by atoms with Gasteiger partial charge in [0.05, 0.1) is 6.54 Å². The van der Waals surface area contributed by atoms with Crippen molar-refractivity contribution >= 4 is 0 Å². The molecule has 2 heteroatoms. The molecule has 0 saturated carbocycles. The van der Waals surface area contributed by atoms with E-state index < -0.39 is 0 Å². The summed E-state index contributed by atoms with van der Waals surface area (Å²) in [6, 6.07) is 8.99. The molecule has 0 bridgehead atoms. The summed E-state index contributed by atoms with van der Waals surface area (Å²) < 4.78 is 0. The highest BCUT2D eigenvalue weighted by atomic mass is 15.1. The van der Waals surface area contributed by atoms with E-state index in [0.29, 0.717) is 12.6 Å². The maximum absolute atomic E-state index is 5.21. The van der Waals surface area contributed by atoms with Gasteiger partial charge >= 0.3 is 0 Å². The minimum atomic E-state index is 0.475. The summed E-state index contributed by atoms with van der Waals surface area (Å²) in [5.41, 5.74) is 2.74. The van der Waals surface area contributed by atoms with Gasteiger partial charge < -0.3 is 5.32 Å². The van der Waals surface area contributed by atoms with Crippen LogP contribution in [0, 0.1) is 19.3 Å². The van der Waals surface area contributed by atoms with Gasteiger partial charge in [0.25, 0.3) is 0 Å². The highest BCUT2D eigenvalue weighted by Gasteiger charge is 2.09. The lowest BCUT2D eigenvalue weighted by Crippen LogP contribution is -2.37. The molecule has 1 N–H and O–H groups in total. The number of nitrogens with zero attached hydrogens (tertiary/aromatic N) is 1. The zero-order chi connectivity index (χ0) is 12.7. The molecule has 0 saturated heterocycles. The van der Waals surface area contributed by atoms with Crippen LogP contribution in [0.25, 0.3) is 0 Å². The lowest BCUT2D eigenvalue weighted by Gasteiger charge is -2.25. The summed E-state index contributed by atoms with van der Waals surface area (Å²) in [6.45, 7) is 6.91. The molecular weight excluding hydrogens is 208 g/mol. The normalized spacial score (nSPS) is 12.4.